The minimum atomic E-state index is -0.0932. The molecule has 5 heteroatoms. The first-order valence-corrected chi connectivity index (χ1v) is 10.4. The Morgan fingerprint density at radius 2 is 1.77 bits per heavy atom. The van der Waals surface area contributed by atoms with Gasteiger partial charge in [0.1, 0.15) is 18.1 Å². The molecule has 0 aliphatic carbocycles. The van der Waals surface area contributed by atoms with Crippen molar-refractivity contribution in [2.45, 2.75) is 32.8 Å². The molecule has 3 aromatic rings. The summed E-state index contributed by atoms with van der Waals surface area (Å²) in [7, 11) is 1.67. The monoisotopic (exact) mass is 416 g/mol. The van der Waals surface area contributed by atoms with Gasteiger partial charge in [-0.15, -0.1) is 0 Å². The fourth-order valence-corrected chi connectivity index (χ4v) is 3.17. The highest BCUT2D eigenvalue weighted by Gasteiger charge is 2.03. The lowest BCUT2D eigenvalue weighted by Crippen LogP contribution is -2.17. The maximum atomic E-state index is 12.0. The zero-order valence-corrected chi connectivity index (χ0v) is 18.0. The summed E-state index contributed by atoms with van der Waals surface area (Å²) in [5.74, 6) is 1.58. The largest absolute Gasteiger partial charge is 0.496 e. The van der Waals surface area contributed by atoms with Crippen molar-refractivity contribution in [2.75, 3.05) is 7.11 Å². The summed E-state index contributed by atoms with van der Waals surface area (Å²) >= 11 is 0. The van der Waals surface area contributed by atoms with Crippen LogP contribution in [0.25, 0.3) is 0 Å². The predicted molar refractivity (Wildman–Crippen MR) is 124 cm³/mol. The van der Waals surface area contributed by atoms with E-state index in [1.165, 1.54) is 5.56 Å². The summed E-state index contributed by atoms with van der Waals surface area (Å²) in [6, 6.07) is 23.7. The molecule has 0 bridgehead atoms. The van der Waals surface area contributed by atoms with E-state index in [2.05, 4.69) is 16.6 Å². The van der Waals surface area contributed by atoms with E-state index in [9.17, 15) is 4.79 Å². The van der Waals surface area contributed by atoms with Crippen molar-refractivity contribution in [3.8, 4) is 11.5 Å². The second-order valence-electron chi connectivity index (χ2n) is 7.29. The summed E-state index contributed by atoms with van der Waals surface area (Å²) in [5.41, 5.74) is 6.90. The number of benzene rings is 3. The number of methoxy groups -OCH3 is 1. The van der Waals surface area contributed by atoms with E-state index in [4.69, 9.17) is 9.47 Å². The number of carbonyl (C=O) groups is 1. The predicted octanol–water partition coefficient (Wildman–Crippen LogP) is 5.06. The van der Waals surface area contributed by atoms with Gasteiger partial charge in [-0.3, -0.25) is 4.79 Å². The van der Waals surface area contributed by atoms with Gasteiger partial charge >= 0.3 is 0 Å². The van der Waals surface area contributed by atoms with Crippen LogP contribution in [0.15, 0.2) is 77.9 Å². The van der Waals surface area contributed by atoms with Crippen LogP contribution in [0, 0.1) is 6.92 Å². The molecule has 0 saturated carbocycles. The molecule has 1 N–H and O–H groups in total. The topological polar surface area (TPSA) is 59.9 Å². The van der Waals surface area contributed by atoms with E-state index < -0.39 is 0 Å². The van der Waals surface area contributed by atoms with E-state index in [0.717, 1.165) is 41.0 Å². The van der Waals surface area contributed by atoms with Gasteiger partial charge in [-0.1, -0.05) is 42.5 Å². The minimum absolute atomic E-state index is 0.0932. The number of nitrogens with one attached hydrogen (secondary N) is 1. The molecular weight excluding hydrogens is 388 g/mol. The van der Waals surface area contributed by atoms with E-state index in [-0.39, 0.29) is 5.91 Å². The molecule has 0 spiro atoms. The highest BCUT2D eigenvalue weighted by atomic mass is 16.5. The van der Waals surface area contributed by atoms with Crippen LogP contribution in [0.3, 0.4) is 0 Å². The van der Waals surface area contributed by atoms with Crippen LogP contribution in [0.4, 0.5) is 0 Å². The molecule has 0 aliphatic heterocycles. The molecule has 5 nitrogen and oxygen atoms in total. The van der Waals surface area contributed by atoms with Crippen molar-refractivity contribution in [1.82, 2.24) is 5.43 Å². The molecule has 0 atom stereocenters. The van der Waals surface area contributed by atoms with Crippen LogP contribution >= 0.6 is 0 Å². The van der Waals surface area contributed by atoms with E-state index in [0.29, 0.717) is 13.0 Å². The first-order chi connectivity index (χ1) is 15.1. The lowest BCUT2D eigenvalue weighted by atomic mass is 10.1. The first kappa shape index (κ1) is 22.1. The number of hydrogen-bond donors (Lipinski definition) is 1. The van der Waals surface area contributed by atoms with Gasteiger partial charge in [-0.25, -0.2) is 5.43 Å². The highest BCUT2D eigenvalue weighted by Crippen LogP contribution is 2.19. The summed E-state index contributed by atoms with van der Waals surface area (Å²) in [5, 5.41) is 4.05. The molecule has 0 aliphatic rings. The van der Waals surface area contributed by atoms with E-state index >= 15 is 0 Å². The van der Waals surface area contributed by atoms with Crippen molar-refractivity contribution in [2.24, 2.45) is 5.10 Å². The zero-order valence-electron chi connectivity index (χ0n) is 18.0. The Balaban J connectivity index is 1.37. The van der Waals surface area contributed by atoms with Crippen molar-refractivity contribution >= 4 is 12.1 Å². The molecule has 3 rings (SSSR count). The lowest BCUT2D eigenvalue weighted by Gasteiger charge is -2.07. The molecule has 0 aromatic heterocycles. The SMILES string of the molecule is COc1ccc(CCCC(=O)N/N=C/c2ccc(OCc3ccccc3)cc2)cc1C. The number of hydrogen-bond acceptors (Lipinski definition) is 4. The van der Waals surface area contributed by atoms with Crippen molar-refractivity contribution in [3.05, 3.63) is 95.1 Å². The molecule has 0 fully saturated rings. The molecule has 0 heterocycles. The number of carbonyl (C=O) groups excluding carboxylic acids is 1. The van der Waals surface area contributed by atoms with Gasteiger partial charge in [-0.05, 0) is 72.4 Å². The Morgan fingerprint density at radius 1 is 1.00 bits per heavy atom. The fraction of sp³-hybridized carbons (Fsp3) is 0.231. The molecule has 0 radical (unpaired) electrons. The average molecular weight is 417 g/mol. The Morgan fingerprint density at radius 3 is 2.48 bits per heavy atom. The van der Waals surface area contributed by atoms with E-state index in [1.807, 2.05) is 73.7 Å². The Kier molecular flexibility index (Phi) is 8.23. The number of amides is 1. The lowest BCUT2D eigenvalue weighted by molar-refractivity contribution is -0.121. The third kappa shape index (κ3) is 7.30. The smallest absolute Gasteiger partial charge is 0.240 e. The maximum Gasteiger partial charge on any atom is 0.240 e. The van der Waals surface area contributed by atoms with Gasteiger partial charge in [0.15, 0.2) is 0 Å². The van der Waals surface area contributed by atoms with Gasteiger partial charge in [-0.2, -0.15) is 5.10 Å². The van der Waals surface area contributed by atoms with Crippen LogP contribution in [0.5, 0.6) is 11.5 Å². The Bertz CT molecular complexity index is 999. The van der Waals surface area contributed by atoms with Crippen molar-refractivity contribution < 1.29 is 14.3 Å². The van der Waals surface area contributed by atoms with Crippen molar-refractivity contribution in [3.63, 3.8) is 0 Å². The second kappa shape index (κ2) is 11.6. The van der Waals surface area contributed by atoms with Crippen LogP contribution in [0.2, 0.25) is 0 Å². The Labute approximate surface area is 183 Å². The van der Waals surface area contributed by atoms with Crippen molar-refractivity contribution in [1.29, 1.82) is 0 Å². The second-order valence-corrected chi connectivity index (χ2v) is 7.29. The molecule has 1 amide bonds. The normalized spacial score (nSPS) is 10.8. The average Bonchev–Trinajstić information content (AvgIpc) is 2.79. The minimum Gasteiger partial charge on any atom is -0.496 e. The van der Waals surface area contributed by atoms with Crippen LogP contribution in [-0.4, -0.2) is 19.2 Å². The zero-order chi connectivity index (χ0) is 21.9. The first-order valence-electron chi connectivity index (χ1n) is 10.4. The van der Waals surface area contributed by atoms with E-state index in [1.54, 1.807) is 13.3 Å². The maximum absolute atomic E-state index is 12.0. The number of hydrazone groups is 1. The summed E-state index contributed by atoms with van der Waals surface area (Å²) < 4.78 is 11.0. The molecule has 0 unspecified atom stereocenters. The summed E-state index contributed by atoms with van der Waals surface area (Å²) in [4.78, 5) is 12.0. The molecule has 3 aromatic carbocycles. The molecule has 0 saturated heterocycles. The fourth-order valence-electron chi connectivity index (χ4n) is 3.17. The number of nitrogens with zero attached hydrogens (tertiary/aromatic N) is 1. The third-order valence-electron chi connectivity index (χ3n) is 4.86. The van der Waals surface area contributed by atoms with Gasteiger partial charge in [0, 0.05) is 6.42 Å². The van der Waals surface area contributed by atoms with Gasteiger partial charge in [0.2, 0.25) is 5.91 Å². The van der Waals surface area contributed by atoms with Gasteiger partial charge < -0.3 is 9.47 Å². The third-order valence-corrected chi connectivity index (χ3v) is 4.86. The van der Waals surface area contributed by atoms with Crippen LogP contribution < -0.4 is 14.9 Å². The van der Waals surface area contributed by atoms with Crippen LogP contribution in [0.1, 0.15) is 35.1 Å². The Hall–Kier alpha value is -3.60. The number of aryl methyl sites for hydroxylation is 2. The quantitative estimate of drug-likeness (QED) is 0.371. The number of ether oxygens (including phenoxy) is 2. The molecule has 160 valence electrons. The molecule has 31 heavy (non-hydrogen) atoms. The highest BCUT2D eigenvalue weighted by molar-refractivity contribution is 5.82. The van der Waals surface area contributed by atoms with Gasteiger partial charge in [0.05, 0.1) is 13.3 Å². The van der Waals surface area contributed by atoms with Gasteiger partial charge in [0.25, 0.3) is 0 Å². The summed E-state index contributed by atoms with van der Waals surface area (Å²) in [6.45, 7) is 2.55. The number of rotatable bonds is 10. The standard InChI is InChI=1S/C26H28N2O3/c1-20-17-21(13-16-25(20)30-2)9-6-10-26(29)28-27-18-22-11-14-24(15-12-22)31-19-23-7-4-3-5-8-23/h3-5,7-8,11-18H,6,9-10,19H2,1-2H3,(H,28,29)/b27-18+. The summed E-state index contributed by atoms with van der Waals surface area (Å²) in [6.07, 6.45) is 3.66. The molecular formula is C26H28N2O3. The van der Waals surface area contributed by atoms with Crippen LogP contribution in [-0.2, 0) is 17.8 Å².